The van der Waals surface area contributed by atoms with Crippen LogP contribution in [0.25, 0.3) is 11.5 Å². The van der Waals surface area contributed by atoms with E-state index >= 15 is 0 Å². The average Bonchev–Trinajstić information content (AvgIpc) is 3.06. The largest absolute Gasteiger partial charge is 0.463 e. The molecule has 0 bridgehead atoms. The van der Waals surface area contributed by atoms with E-state index in [9.17, 15) is 4.39 Å². The molecule has 0 radical (unpaired) electrons. The number of rotatable bonds is 3. The van der Waals surface area contributed by atoms with Gasteiger partial charge in [-0.25, -0.2) is 4.39 Å². The van der Waals surface area contributed by atoms with E-state index in [1.54, 1.807) is 24.3 Å². The number of nitrogen functional groups attached to an aromatic ring is 1. The molecule has 0 amide bonds. The Morgan fingerprint density at radius 3 is 2.85 bits per heavy atom. The fourth-order valence-corrected chi connectivity index (χ4v) is 1.69. The molecule has 0 unspecified atom stereocenters. The van der Waals surface area contributed by atoms with Crippen molar-refractivity contribution in [2.45, 2.75) is 0 Å². The molecule has 0 atom stereocenters. The average molecular weight is 271 g/mol. The van der Waals surface area contributed by atoms with E-state index in [0.717, 1.165) is 0 Å². The molecule has 0 saturated carbocycles. The van der Waals surface area contributed by atoms with Gasteiger partial charge in [0.1, 0.15) is 11.5 Å². The number of anilines is 1. The lowest BCUT2D eigenvalue weighted by Gasteiger charge is -1.95. The lowest BCUT2D eigenvalue weighted by Crippen LogP contribution is -1.83. The van der Waals surface area contributed by atoms with Crippen molar-refractivity contribution in [1.29, 1.82) is 0 Å². The van der Waals surface area contributed by atoms with Crippen LogP contribution in [0.1, 0.15) is 0 Å². The number of furan rings is 1. The first-order valence-electron chi connectivity index (χ1n) is 5.79. The van der Waals surface area contributed by atoms with Crippen LogP contribution in [-0.4, -0.2) is 10.2 Å². The van der Waals surface area contributed by atoms with E-state index in [0.29, 0.717) is 22.8 Å². The van der Waals surface area contributed by atoms with E-state index in [4.69, 9.17) is 10.2 Å². The van der Waals surface area contributed by atoms with Crippen molar-refractivity contribution in [1.82, 2.24) is 10.2 Å². The zero-order valence-electron chi connectivity index (χ0n) is 10.2. The number of halogens is 1. The summed E-state index contributed by atoms with van der Waals surface area (Å²) in [5.74, 6) is 0.354. The number of aromatic amines is 1. The summed E-state index contributed by atoms with van der Waals surface area (Å²) in [7, 11) is 0. The molecule has 0 saturated heterocycles. The minimum atomic E-state index is -0.382. The van der Waals surface area contributed by atoms with Gasteiger partial charge in [0.05, 0.1) is 12.0 Å². The third kappa shape index (κ3) is 2.28. The summed E-state index contributed by atoms with van der Waals surface area (Å²) in [6.07, 6.45) is 1.53. The van der Waals surface area contributed by atoms with E-state index in [1.807, 2.05) is 0 Å². The smallest absolute Gasteiger partial charge is 0.173 e. The Labute approximate surface area is 113 Å². The lowest BCUT2D eigenvalue weighted by molar-refractivity contribution is 0.580. The monoisotopic (exact) mass is 271 g/mol. The van der Waals surface area contributed by atoms with Crippen molar-refractivity contribution in [3.63, 3.8) is 0 Å². The zero-order chi connectivity index (χ0) is 13.9. The minimum Gasteiger partial charge on any atom is -0.463 e. The van der Waals surface area contributed by atoms with E-state index in [-0.39, 0.29) is 11.6 Å². The van der Waals surface area contributed by atoms with Gasteiger partial charge in [-0.15, -0.1) is 5.11 Å². The van der Waals surface area contributed by atoms with Crippen LogP contribution in [-0.2, 0) is 0 Å². The van der Waals surface area contributed by atoms with Gasteiger partial charge in [-0.3, -0.25) is 5.10 Å². The van der Waals surface area contributed by atoms with Crippen molar-refractivity contribution in [2.75, 3.05) is 5.73 Å². The minimum absolute atomic E-state index is 0.191. The van der Waals surface area contributed by atoms with Gasteiger partial charge in [-0.1, -0.05) is 6.07 Å². The zero-order valence-corrected chi connectivity index (χ0v) is 10.2. The van der Waals surface area contributed by atoms with Crippen LogP contribution in [0.2, 0.25) is 0 Å². The molecular weight excluding hydrogens is 261 g/mol. The third-order valence-electron chi connectivity index (χ3n) is 2.61. The van der Waals surface area contributed by atoms with Crippen LogP contribution >= 0.6 is 0 Å². The summed E-state index contributed by atoms with van der Waals surface area (Å²) < 4.78 is 18.3. The third-order valence-corrected chi connectivity index (χ3v) is 2.61. The van der Waals surface area contributed by atoms with Crippen LogP contribution in [0.15, 0.2) is 57.3 Å². The van der Waals surface area contributed by atoms with Gasteiger partial charge in [0, 0.05) is 6.07 Å². The Hall–Kier alpha value is -2.96. The fourth-order valence-electron chi connectivity index (χ4n) is 1.69. The Morgan fingerprint density at radius 1 is 1.20 bits per heavy atom. The van der Waals surface area contributed by atoms with Gasteiger partial charge in [-0.05, 0) is 24.3 Å². The van der Waals surface area contributed by atoms with Gasteiger partial charge in [0.2, 0.25) is 0 Å². The SMILES string of the molecule is Nc1n[nH]c(-c2ccco2)c1N=Nc1cccc(F)c1. The first-order valence-corrected chi connectivity index (χ1v) is 5.79. The summed E-state index contributed by atoms with van der Waals surface area (Å²) in [6, 6.07) is 9.27. The maximum atomic E-state index is 13.1. The second-order valence-electron chi connectivity index (χ2n) is 3.99. The molecule has 2 aromatic heterocycles. The number of azo groups is 1. The van der Waals surface area contributed by atoms with Crippen molar-refractivity contribution >= 4 is 17.2 Å². The first-order chi connectivity index (χ1) is 9.74. The number of aromatic nitrogens is 2. The van der Waals surface area contributed by atoms with E-state index < -0.39 is 0 Å². The number of hydrogen-bond acceptors (Lipinski definition) is 5. The summed E-state index contributed by atoms with van der Waals surface area (Å²) in [4.78, 5) is 0. The molecule has 0 aliphatic heterocycles. The Bertz CT molecular complexity index is 748. The molecule has 0 aliphatic rings. The molecule has 3 N–H and O–H groups in total. The van der Waals surface area contributed by atoms with Gasteiger partial charge in [-0.2, -0.15) is 10.2 Å². The Kier molecular flexibility index (Phi) is 3.00. The summed E-state index contributed by atoms with van der Waals surface area (Å²) in [5.41, 5.74) is 6.99. The van der Waals surface area contributed by atoms with Gasteiger partial charge < -0.3 is 10.2 Å². The molecular formula is C13H10FN5O. The number of hydrogen-bond donors (Lipinski definition) is 2. The molecule has 0 spiro atoms. The summed E-state index contributed by atoms with van der Waals surface area (Å²) in [6.45, 7) is 0. The quantitative estimate of drug-likeness (QED) is 0.709. The summed E-state index contributed by atoms with van der Waals surface area (Å²) in [5, 5.41) is 14.6. The predicted molar refractivity (Wildman–Crippen MR) is 71.3 cm³/mol. The highest BCUT2D eigenvalue weighted by Gasteiger charge is 2.14. The Balaban J connectivity index is 1.97. The van der Waals surface area contributed by atoms with Crippen molar-refractivity contribution in [3.05, 3.63) is 48.5 Å². The maximum Gasteiger partial charge on any atom is 0.173 e. The molecule has 0 aliphatic carbocycles. The van der Waals surface area contributed by atoms with Crippen molar-refractivity contribution < 1.29 is 8.81 Å². The molecule has 7 heteroatoms. The fraction of sp³-hybridized carbons (Fsp3) is 0. The normalized spacial score (nSPS) is 11.2. The van der Waals surface area contributed by atoms with Crippen LogP contribution in [0.5, 0.6) is 0 Å². The van der Waals surface area contributed by atoms with Crippen LogP contribution in [0.4, 0.5) is 21.6 Å². The lowest BCUT2D eigenvalue weighted by atomic mass is 10.3. The van der Waals surface area contributed by atoms with Crippen LogP contribution < -0.4 is 5.73 Å². The first kappa shape index (κ1) is 12.1. The number of nitrogens with two attached hydrogens (primary N) is 1. The Morgan fingerprint density at radius 2 is 2.10 bits per heavy atom. The molecule has 2 heterocycles. The van der Waals surface area contributed by atoms with Crippen LogP contribution in [0, 0.1) is 5.82 Å². The molecule has 1 aromatic carbocycles. The maximum absolute atomic E-state index is 13.1. The van der Waals surface area contributed by atoms with E-state index in [1.165, 1.54) is 18.4 Å². The number of benzene rings is 1. The van der Waals surface area contributed by atoms with E-state index in [2.05, 4.69) is 20.4 Å². The predicted octanol–water partition coefficient (Wildman–Crippen LogP) is 3.81. The molecule has 100 valence electrons. The highest BCUT2D eigenvalue weighted by atomic mass is 19.1. The molecule has 0 fully saturated rings. The number of nitrogens with one attached hydrogen (secondary N) is 1. The summed E-state index contributed by atoms with van der Waals surface area (Å²) >= 11 is 0. The highest BCUT2D eigenvalue weighted by Crippen LogP contribution is 2.34. The highest BCUT2D eigenvalue weighted by molar-refractivity contribution is 5.76. The molecule has 3 aromatic rings. The van der Waals surface area contributed by atoms with Crippen LogP contribution in [0.3, 0.4) is 0 Å². The second-order valence-corrected chi connectivity index (χ2v) is 3.99. The van der Waals surface area contributed by atoms with Gasteiger partial charge in [0.25, 0.3) is 0 Å². The molecule has 20 heavy (non-hydrogen) atoms. The van der Waals surface area contributed by atoms with Crippen molar-refractivity contribution in [3.8, 4) is 11.5 Å². The van der Waals surface area contributed by atoms with Crippen molar-refractivity contribution in [2.24, 2.45) is 10.2 Å². The molecule has 6 nitrogen and oxygen atoms in total. The topological polar surface area (TPSA) is 92.6 Å². The number of nitrogens with zero attached hydrogens (tertiary/aromatic N) is 3. The standard InChI is InChI=1S/C13H10FN5O/c14-8-3-1-4-9(7-8)16-18-12-11(17-19-13(12)15)10-5-2-6-20-10/h1-7H,(H3,15,17,19). The second kappa shape index (κ2) is 4.96. The number of H-pyrrole nitrogens is 1. The van der Waals surface area contributed by atoms with Gasteiger partial charge >= 0.3 is 0 Å². The molecule has 3 rings (SSSR count). The van der Waals surface area contributed by atoms with Gasteiger partial charge in [0.15, 0.2) is 17.3 Å².